The number of carbonyl (C=O) groups excluding carboxylic acids is 1. The van der Waals surface area contributed by atoms with Crippen molar-refractivity contribution in [1.29, 1.82) is 5.26 Å². The van der Waals surface area contributed by atoms with Gasteiger partial charge in [0.05, 0.1) is 7.11 Å². The van der Waals surface area contributed by atoms with Gasteiger partial charge >= 0.3 is 0 Å². The van der Waals surface area contributed by atoms with Crippen molar-refractivity contribution >= 4 is 12.0 Å². The first kappa shape index (κ1) is 16.3. The normalized spacial score (nSPS) is 10.7. The number of nitriles is 1. The van der Waals surface area contributed by atoms with Crippen molar-refractivity contribution < 1.29 is 14.6 Å². The SMILES string of the molecule is C=CCc1cc(/C=C(/C#N)C(=O)N(C)C)cc(OC)c1O. The van der Waals surface area contributed by atoms with E-state index in [0.717, 1.165) is 0 Å². The Morgan fingerprint density at radius 2 is 2.19 bits per heavy atom. The van der Waals surface area contributed by atoms with Crippen LogP contribution in [0.4, 0.5) is 0 Å². The van der Waals surface area contributed by atoms with Crippen molar-refractivity contribution in [2.24, 2.45) is 0 Å². The van der Waals surface area contributed by atoms with Gasteiger partial charge < -0.3 is 14.7 Å². The Hall–Kier alpha value is -2.74. The largest absolute Gasteiger partial charge is 0.504 e. The van der Waals surface area contributed by atoms with Crippen molar-refractivity contribution in [1.82, 2.24) is 4.90 Å². The third-order valence-corrected chi connectivity index (χ3v) is 2.83. The van der Waals surface area contributed by atoms with Gasteiger partial charge in [0.1, 0.15) is 11.6 Å². The van der Waals surface area contributed by atoms with Gasteiger partial charge in [-0.2, -0.15) is 5.26 Å². The third kappa shape index (κ3) is 3.86. The molecule has 110 valence electrons. The van der Waals surface area contributed by atoms with Gasteiger partial charge in [-0.05, 0) is 30.2 Å². The van der Waals surface area contributed by atoms with Crippen LogP contribution in [0.25, 0.3) is 6.08 Å². The number of ether oxygens (including phenoxy) is 1. The Bertz CT molecular complexity index is 625. The van der Waals surface area contributed by atoms with Crippen LogP contribution >= 0.6 is 0 Å². The van der Waals surface area contributed by atoms with Crippen molar-refractivity contribution in [3.05, 3.63) is 41.5 Å². The lowest BCUT2D eigenvalue weighted by Gasteiger charge is -2.11. The second kappa shape index (κ2) is 7.15. The Labute approximate surface area is 124 Å². The third-order valence-electron chi connectivity index (χ3n) is 2.83. The van der Waals surface area contributed by atoms with Crippen molar-refractivity contribution in [2.45, 2.75) is 6.42 Å². The number of benzene rings is 1. The zero-order chi connectivity index (χ0) is 16.0. The molecule has 1 aromatic rings. The first-order valence-corrected chi connectivity index (χ1v) is 6.28. The van der Waals surface area contributed by atoms with Crippen molar-refractivity contribution in [2.75, 3.05) is 21.2 Å². The molecule has 5 nitrogen and oxygen atoms in total. The molecule has 0 bridgehead atoms. The number of phenolic OH excluding ortho intramolecular Hbond substituents is 1. The van der Waals surface area contributed by atoms with Gasteiger partial charge in [0, 0.05) is 19.7 Å². The molecule has 0 spiro atoms. The highest BCUT2D eigenvalue weighted by Gasteiger charge is 2.13. The van der Waals surface area contributed by atoms with Crippen LogP contribution in [0.15, 0.2) is 30.4 Å². The van der Waals surface area contributed by atoms with E-state index in [2.05, 4.69) is 6.58 Å². The summed E-state index contributed by atoms with van der Waals surface area (Å²) in [6.07, 6.45) is 3.57. The van der Waals surface area contributed by atoms with Crippen molar-refractivity contribution in [3.8, 4) is 17.6 Å². The lowest BCUT2D eigenvalue weighted by atomic mass is 10.0. The van der Waals surface area contributed by atoms with Gasteiger partial charge in [-0.1, -0.05) is 6.08 Å². The molecule has 0 aliphatic rings. The topological polar surface area (TPSA) is 73.6 Å². The predicted octanol–water partition coefficient (Wildman–Crippen LogP) is 2.12. The van der Waals surface area contributed by atoms with Crippen LogP contribution in [0, 0.1) is 11.3 Å². The van der Waals surface area contributed by atoms with Crippen LogP contribution in [0.3, 0.4) is 0 Å². The predicted molar refractivity (Wildman–Crippen MR) is 80.8 cm³/mol. The van der Waals surface area contributed by atoms with E-state index in [1.54, 1.807) is 32.3 Å². The molecule has 0 radical (unpaired) electrons. The molecule has 1 aromatic carbocycles. The minimum absolute atomic E-state index is 0.0114. The Morgan fingerprint density at radius 3 is 2.67 bits per heavy atom. The number of allylic oxidation sites excluding steroid dienone is 1. The molecule has 0 atom stereocenters. The summed E-state index contributed by atoms with van der Waals surface area (Å²) < 4.78 is 5.10. The first-order valence-electron chi connectivity index (χ1n) is 6.28. The number of amides is 1. The Balaban J connectivity index is 3.36. The molecule has 0 aliphatic carbocycles. The molecule has 0 heterocycles. The number of hydrogen-bond donors (Lipinski definition) is 1. The van der Waals surface area contributed by atoms with Crippen LogP contribution in [-0.4, -0.2) is 37.1 Å². The molecule has 0 unspecified atom stereocenters. The molecule has 5 heteroatoms. The van der Waals surface area contributed by atoms with Crippen LogP contribution in [0.5, 0.6) is 11.5 Å². The fourth-order valence-electron chi connectivity index (χ4n) is 1.79. The monoisotopic (exact) mass is 286 g/mol. The number of nitrogens with zero attached hydrogens (tertiary/aromatic N) is 2. The molecular weight excluding hydrogens is 268 g/mol. The van der Waals surface area contributed by atoms with Gasteiger partial charge in [0.2, 0.25) is 0 Å². The molecule has 1 amide bonds. The number of hydrogen-bond acceptors (Lipinski definition) is 4. The van der Waals surface area contributed by atoms with E-state index in [1.165, 1.54) is 18.1 Å². The lowest BCUT2D eigenvalue weighted by molar-refractivity contribution is -0.124. The summed E-state index contributed by atoms with van der Waals surface area (Å²) in [6.45, 7) is 3.63. The fraction of sp³-hybridized carbons (Fsp3) is 0.250. The van der Waals surface area contributed by atoms with Gasteiger partial charge in [0.15, 0.2) is 11.5 Å². The van der Waals surface area contributed by atoms with Gasteiger partial charge in [-0.15, -0.1) is 6.58 Å². The molecule has 1 rings (SSSR count). The second-order valence-electron chi connectivity index (χ2n) is 4.59. The summed E-state index contributed by atoms with van der Waals surface area (Å²) in [5.74, 6) is -0.0583. The van der Waals surface area contributed by atoms with Crippen LogP contribution in [0.2, 0.25) is 0 Å². The van der Waals surface area contributed by atoms with Gasteiger partial charge in [-0.3, -0.25) is 4.79 Å². The van der Waals surface area contributed by atoms with E-state index in [4.69, 9.17) is 10.00 Å². The molecule has 0 aromatic heterocycles. The maximum atomic E-state index is 11.8. The average molecular weight is 286 g/mol. The average Bonchev–Trinajstić information content (AvgIpc) is 2.47. The number of phenols is 1. The summed E-state index contributed by atoms with van der Waals surface area (Å²) in [7, 11) is 4.60. The minimum atomic E-state index is -0.380. The number of methoxy groups -OCH3 is 1. The number of rotatable bonds is 5. The van der Waals surface area contributed by atoms with Crippen LogP contribution in [0.1, 0.15) is 11.1 Å². The highest BCUT2D eigenvalue weighted by molar-refractivity contribution is 6.01. The van der Waals surface area contributed by atoms with Crippen molar-refractivity contribution in [3.63, 3.8) is 0 Å². The molecular formula is C16H18N2O3. The summed E-state index contributed by atoms with van der Waals surface area (Å²) in [5.41, 5.74) is 1.23. The number of carbonyl (C=O) groups is 1. The maximum Gasteiger partial charge on any atom is 0.264 e. The molecule has 1 N–H and O–H groups in total. The number of likely N-dealkylation sites (N-methyl/N-ethyl adjacent to an activating group) is 1. The minimum Gasteiger partial charge on any atom is -0.504 e. The van der Waals surface area contributed by atoms with E-state index < -0.39 is 0 Å². The lowest BCUT2D eigenvalue weighted by Crippen LogP contribution is -2.22. The van der Waals surface area contributed by atoms with Crippen LogP contribution in [-0.2, 0) is 11.2 Å². The van der Waals surface area contributed by atoms with E-state index in [9.17, 15) is 9.90 Å². The summed E-state index contributed by atoms with van der Waals surface area (Å²) >= 11 is 0. The Morgan fingerprint density at radius 1 is 1.52 bits per heavy atom. The second-order valence-corrected chi connectivity index (χ2v) is 4.59. The summed E-state index contributed by atoms with van der Waals surface area (Å²) in [5, 5.41) is 19.1. The summed E-state index contributed by atoms with van der Waals surface area (Å²) in [4.78, 5) is 13.2. The zero-order valence-electron chi connectivity index (χ0n) is 12.4. The van der Waals surface area contributed by atoms with E-state index >= 15 is 0 Å². The highest BCUT2D eigenvalue weighted by Crippen LogP contribution is 2.32. The Kier molecular flexibility index (Phi) is 5.56. The smallest absolute Gasteiger partial charge is 0.264 e. The fourth-order valence-corrected chi connectivity index (χ4v) is 1.79. The van der Waals surface area contributed by atoms with Gasteiger partial charge in [-0.25, -0.2) is 0 Å². The maximum absolute atomic E-state index is 11.8. The van der Waals surface area contributed by atoms with E-state index in [0.29, 0.717) is 17.5 Å². The highest BCUT2D eigenvalue weighted by atomic mass is 16.5. The standard InChI is InChI=1S/C16H18N2O3/c1-5-6-12-7-11(9-14(21-4)15(12)19)8-13(10-17)16(20)18(2)3/h5,7-9,19H,1,6H2,2-4H3/b13-8-. The molecule has 0 fully saturated rings. The van der Waals surface area contributed by atoms with Crippen LogP contribution < -0.4 is 4.74 Å². The summed E-state index contributed by atoms with van der Waals surface area (Å²) in [6, 6.07) is 5.15. The molecule has 0 saturated carbocycles. The number of aromatic hydroxyl groups is 1. The van der Waals surface area contributed by atoms with E-state index in [1.807, 2.05) is 6.07 Å². The van der Waals surface area contributed by atoms with Gasteiger partial charge in [0.25, 0.3) is 5.91 Å². The quantitative estimate of drug-likeness (QED) is 0.511. The zero-order valence-corrected chi connectivity index (χ0v) is 12.4. The molecule has 0 aliphatic heterocycles. The first-order chi connectivity index (χ1) is 9.94. The van der Waals surface area contributed by atoms with E-state index in [-0.39, 0.29) is 23.0 Å². The molecule has 0 saturated heterocycles. The molecule has 21 heavy (non-hydrogen) atoms.